The maximum Gasteiger partial charge on any atom is 0.164 e. The van der Waals surface area contributed by atoms with Crippen LogP contribution in [0.25, 0.3) is 94.7 Å². The van der Waals surface area contributed by atoms with E-state index < -0.39 is 0 Å². The van der Waals surface area contributed by atoms with Gasteiger partial charge in [-0.3, -0.25) is 0 Å². The lowest BCUT2D eigenvalue weighted by Gasteiger charge is -2.22. The molecule has 0 N–H and O–H groups in total. The Kier molecular flexibility index (Phi) is 6.23. The van der Waals surface area contributed by atoms with Crippen LogP contribution in [0.15, 0.2) is 162 Å². The van der Waals surface area contributed by atoms with E-state index in [1.54, 1.807) is 0 Å². The van der Waals surface area contributed by atoms with Crippen LogP contribution in [-0.2, 0) is 5.41 Å². The van der Waals surface area contributed by atoms with E-state index in [1.165, 1.54) is 43.9 Å². The third-order valence-electron chi connectivity index (χ3n) is 11.0. The Labute approximate surface area is 305 Å². The normalized spacial score (nSPS) is 13.2. The van der Waals surface area contributed by atoms with Gasteiger partial charge in [0.15, 0.2) is 17.5 Å². The Bertz CT molecular complexity index is 3020. The zero-order valence-corrected chi connectivity index (χ0v) is 29.2. The quantitative estimate of drug-likeness (QED) is 0.186. The summed E-state index contributed by atoms with van der Waals surface area (Å²) >= 11 is 0. The van der Waals surface area contributed by atoms with Crippen molar-refractivity contribution in [2.24, 2.45) is 0 Å². The van der Waals surface area contributed by atoms with Crippen LogP contribution in [0.1, 0.15) is 25.0 Å². The minimum Gasteiger partial charge on any atom is -0.456 e. The van der Waals surface area contributed by atoms with E-state index in [0.717, 1.165) is 44.4 Å². The van der Waals surface area contributed by atoms with Crippen LogP contribution in [0.4, 0.5) is 0 Å². The number of benzene rings is 7. The number of aromatic nitrogens is 4. The fourth-order valence-electron chi connectivity index (χ4n) is 8.66. The molecule has 0 amide bonds. The summed E-state index contributed by atoms with van der Waals surface area (Å²) in [5, 5.41) is 4.69. The zero-order valence-electron chi connectivity index (χ0n) is 29.2. The Morgan fingerprint density at radius 2 is 1.11 bits per heavy atom. The summed E-state index contributed by atoms with van der Waals surface area (Å²) in [4.78, 5) is 15.1. The molecular formula is C48H32N4O. The molecule has 0 fully saturated rings. The molecule has 7 aromatic carbocycles. The van der Waals surface area contributed by atoms with Gasteiger partial charge in [0.05, 0.1) is 11.0 Å². The van der Waals surface area contributed by atoms with Gasteiger partial charge in [0.25, 0.3) is 0 Å². The molecule has 0 saturated heterocycles. The van der Waals surface area contributed by atoms with E-state index in [-0.39, 0.29) is 5.41 Å². The molecule has 0 saturated carbocycles. The maximum absolute atomic E-state index is 6.87. The van der Waals surface area contributed by atoms with E-state index >= 15 is 0 Å². The molecule has 5 heteroatoms. The van der Waals surface area contributed by atoms with Gasteiger partial charge < -0.3 is 8.98 Å². The Hall–Kier alpha value is -6.85. The monoisotopic (exact) mass is 680 g/mol. The second kappa shape index (κ2) is 11.1. The van der Waals surface area contributed by atoms with Crippen molar-refractivity contribution in [2.45, 2.75) is 19.3 Å². The van der Waals surface area contributed by atoms with Crippen LogP contribution >= 0.6 is 0 Å². The highest BCUT2D eigenvalue weighted by molar-refractivity contribution is 6.32. The van der Waals surface area contributed by atoms with Gasteiger partial charge in [-0.25, -0.2) is 15.0 Å². The van der Waals surface area contributed by atoms with Crippen molar-refractivity contribution < 1.29 is 4.42 Å². The average Bonchev–Trinajstić information content (AvgIpc) is 3.84. The summed E-state index contributed by atoms with van der Waals surface area (Å²) in [6.45, 7) is 4.67. The molecule has 11 rings (SSSR count). The van der Waals surface area contributed by atoms with E-state index in [2.05, 4.69) is 115 Å². The first-order valence-corrected chi connectivity index (χ1v) is 18.0. The molecule has 5 nitrogen and oxygen atoms in total. The molecule has 3 heterocycles. The Morgan fingerprint density at radius 3 is 1.85 bits per heavy atom. The molecule has 0 bridgehead atoms. The number of para-hydroxylation sites is 2. The predicted molar refractivity (Wildman–Crippen MR) is 215 cm³/mol. The molecule has 0 aliphatic heterocycles. The number of hydrogen-bond donors (Lipinski definition) is 0. The number of hydrogen-bond acceptors (Lipinski definition) is 4. The molecule has 1 aliphatic rings. The summed E-state index contributed by atoms with van der Waals surface area (Å²) in [6.07, 6.45) is 0. The predicted octanol–water partition coefficient (Wildman–Crippen LogP) is 12.2. The summed E-state index contributed by atoms with van der Waals surface area (Å²) in [5.41, 5.74) is 12.8. The highest BCUT2D eigenvalue weighted by Gasteiger charge is 2.41. The molecule has 3 aromatic heterocycles. The van der Waals surface area contributed by atoms with Gasteiger partial charge in [-0.15, -0.1) is 0 Å². The van der Waals surface area contributed by atoms with Crippen LogP contribution in [0.3, 0.4) is 0 Å². The molecule has 0 spiro atoms. The number of fused-ring (bicyclic) bond motifs is 12. The second-order valence-corrected chi connectivity index (χ2v) is 14.4. The first kappa shape index (κ1) is 29.8. The van der Waals surface area contributed by atoms with Crippen molar-refractivity contribution in [2.75, 3.05) is 0 Å². The first-order valence-electron chi connectivity index (χ1n) is 18.0. The van der Waals surface area contributed by atoms with Crippen LogP contribution in [0.5, 0.6) is 0 Å². The molecule has 1 aliphatic carbocycles. The number of nitrogens with zero attached hydrogens (tertiary/aromatic N) is 4. The van der Waals surface area contributed by atoms with Gasteiger partial charge in [-0.05, 0) is 35.4 Å². The number of furan rings is 1. The molecule has 0 radical (unpaired) electrons. The van der Waals surface area contributed by atoms with Gasteiger partial charge in [0, 0.05) is 60.5 Å². The van der Waals surface area contributed by atoms with Crippen LogP contribution in [0, 0.1) is 0 Å². The minimum atomic E-state index is -0.276. The molecule has 53 heavy (non-hydrogen) atoms. The summed E-state index contributed by atoms with van der Waals surface area (Å²) in [5.74, 6) is 1.91. The minimum absolute atomic E-state index is 0.276. The smallest absolute Gasteiger partial charge is 0.164 e. The molecular weight excluding hydrogens is 649 g/mol. The third-order valence-corrected chi connectivity index (χ3v) is 11.0. The lowest BCUT2D eigenvalue weighted by Crippen LogP contribution is -2.15. The second-order valence-electron chi connectivity index (χ2n) is 14.4. The largest absolute Gasteiger partial charge is 0.456 e. The van der Waals surface area contributed by atoms with Crippen molar-refractivity contribution in [1.82, 2.24) is 19.5 Å². The van der Waals surface area contributed by atoms with Crippen molar-refractivity contribution in [1.29, 1.82) is 0 Å². The van der Waals surface area contributed by atoms with Crippen LogP contribution in [-0.4, -0.2) is 19.5 Å². The first-order chi connectivity index (χ1) is 26.1. The van der Waals surface area contributed by atoms with Crippen LogP contribution in [0.2, 0.25) is 0 Å². The fourth-order valence-corrected chi connectivity index (χ4v) is 8.66. The highest BCUT2D eigenvalue weighted by Crippen LogP contribution is 2.57. The third kappa shape index (κ3) is 4.28. The lowest BCUT2D eigenvalue weighted by atomic mass is 9.81. The van der Waals surface area contributed by atoms with Crippen molar-refractivity contribution in [3.63, 3.8) is 0 Å². The van der Waals surface area contributed by atoms with E-state index in [1.807, 2.05) is 60.7 Å². The number of rotatable bonds is 4. The standard InChI is InChI=1S/C48H32N4O/c1-48(2)36-25-12-9-22-33(36)41-42(48)44-40(35-24-11-14-27-38(35)53-44)39-34-23-10-13-26-37(34)52(43(39)41)32-21-15-20-31(28-32)47-50-45(29-16-5-3-6-17-29)49-46(51-47)30-18-7-4-8-19-30/h3-28H,1-2H3. The van der Waals surface area contributed by atoms with Crippen molar-refractivity contribution in [3.05, 3.63) is 169 Å². The molecule has 0 atom stereocenters. The van der Waals surface area contributed by atoms with Crippen molar-refractivity contribution in [3.8, 4) is 51.0 Å². The molecule has 250 valence electrons. The topological polar surface area (TPSA) is 56.7 Å². The van der Waals surface area contributed by atoms with Gasteiger partial charge in [0.1, 0.15) is 11.2 Å². The van der Waals surface area contributed by atoms with Gasteiger partial charge in [0.2, 0.25) is 0 Å². The maximum atomic E-state index is 6.87. The lowest BCUT2D eigenvalue weighted by molar-refractivity contribution is 0.620. The Balaban J connectivity index is 1.24. The molecule has 0 unspecified atom stereocenters. The van der Waals surface area contributed by atoms with Gasteiger partial charge in [-0.1, -0.05) is 147 Å². The van der Waals surface area contributed by atoms with E-state index in [9.17, 15) is 0 Å². The summed E-state index contributed by atoms with van der Waals surface area (Å²) < 4.78 is 9.32. The van der Waals surface area contributed by atoms with Crippen molar-refractivity contribution >= 4 is 43.7 Å². The highest BCUT2D eigenvalue weighted by atomic mass is 16.3. The SMILES string of the molecule is CC1(C)c2ccccc2-c2c1c1oc3ccccc3c1c1c3ccccc3n(-c3cccc(-c4nc(-c5ccccc5)nc(-c5ccccc5)n4)c3)c21. The fraction of sp³-hybridized carbons (Fsp3) is 0.0625. The zero-order chi connectivity index (χ0) is 35.3. The van der Waals surface area contributed by atoms with E-state index in [4.69, 9.17) is 19.4 Å². The Morgan fingerprint density at radius 1 is 0.528 bits per heavy atom. The van der Waals surface area contributed by atoms with Crippen LogP contribution < -0.4 is 0 Å². The summed E-state index contributed by atoms with van der Waals surface area (Å²) in [7, 11) is 0. The molecule has 10 aromatic rings. The van der Waals surface area contributed by atoms with Gasteiger partial charge >= 0.3 is 0 Å². The van der Waals surface area contributed by atoms with E-state index in [0.29, 0.717) is 17.5 Å². The average molecular weight is 681 g/mol. The van der Waals surface area contributed by atoms with Gasteiger partial charge in [-0.2, -0.15) is 0 Å². The summed E-state index contributed by atoms with van der Waals surface area (Å²) in [6, 6.07) is 55.0.